The van der Waals surface area contributed by atoms with E-state index in [0.717, 1.165) is 18.8 Å². The molecule has 0 heterocycles. The molecule has 1 aromatic carbocycles. The van der Waals surface area contributed by atoms with Crippen molar-refractivity contribution in [1.29, 1.82) is 0 Å². The molecule has 1 heteroatoms. The molecule has 2 rings (SSSR count). The van der Waals surface area contributed by atoms with Crippen molar-refractivity contribution in [2.45, 2.75) is 59.2 Å². The van der Waals surface area contributed by atoms with Gasteiger partial charge in [-0.15, -0.1) is 0 Å². The highest BCUT2D eigenvalue weighted by Gasteiger charge is 2.66. The Hall–Kier alpha value is -0.300. The molecule has 0 amide bonds. The third-order valence-corrected chi connectivity index (χ3v) is 6.79. The molecule has 1 fully saturated rings. The Morgan fingerprint density at radius 2 is 1.53 bits per heavy atom. The summed E-state index contributed by atoms with van der Waals surface area (Å²) in [5.41, 5.74) is 5.33. The molecular formula is C18H27Br. The molecule has 0 radical (unpaired) electrons. The molecule has 1 atom stereocenters. The van der Waals surface area contributed by atoms with Crippen molar-refractivity contribution in [3.63, 3.8) is 0 Å². The predicted octanol–water partition coefficient (Wildman–Crippen LogP) is 5.93. The van der Waals surface area contributed by atoms with Gasteiger partial charge in [0.2, 0.25) is 0 Å². The van der Waals surface area contributed by atoms with Crippen LogP contribution >= 0.6 is 15.9 Å². The first-order valence-electron chi connectivity index (χ1n) is 7.53. The van der Waals surface area contributed by atoms with Gasteiger partial charge in [-0.3, -0.25) is 0 Å². The van der Waals surface area contributed by atoms with Crippen LogP contribution < -0.4 is 0 Å². The highest BCUT2D eigenvalue weighted by Crippen LogP contribution is 2.73. The average molecular weight is 323 g/mol. The monoisotopic (exact) mass is 322 g/mol. The Kier molecular flexibility index (Phi) is 3.90. The smallest absolute Gasteiger partial charge is 0.0434 e. The normalized spacial score (nSPS) is 22.3. The zero-order valence-corrected chi connectivity index (χ0v) is 14.8. The van der Waals surface area contributed by atoms with Crippen LogP contribution in [0.1, 0.15) is 63.1 Å². The summed E-state index contributed by atoms with van der Waals surface area (Å²) in [5, 5.41) is 0. The second-order valence-corrected chi connectivity index (χ2v) is 8.04. The average Bonchev–Trinajstić information content (AvgIpc) is 2.78. The first kappa shape index (κ1) is 15.1. The van der Waals surface area contributed by atoms with E-state index < -0.39 is 0 Å². The summed E-state index contributed by atoms with van der Waals surface area (Å²) in [6, 6.07) is 7.06. The molecular weight excluding hydrogens is 296 g/mol. The van der Waals surface area contributed by atoms with Crippen molar-refractivity contribution >= 4 is 15.9 Å². The summed E-state index contributed by atoms with van der Waals surface area (Å²) in [6.45, 7) is 14.1. The molecule has 0 nitrogen and oxygen atoms in total. The van der Waals surface area contributed by atoms with E-state index in [2.05, 4.69) is 75.7 Å². The highest BCUT2D eigenvalue weighted by molar-refractivity contribution is 9.09. The minimum Gasteiger partial charge on any atom is -0.0835 e. The number of rotatable bonds is 4. The van der Waals surface area contributed by atoms with Crippen molar-refractivity contribution in [1.82, 2.24) is 0 Å². The van der Waals surface area contributed by atoms with E-state index in [1.165, 1.54) is 16.7 Å². The molecule has 19 heavy (non-hydrogen) atoms. The Bertz CT molecular complexity index is 457. The first-order chi connectivity index (χ1) is 8.77. The van der Waals surface area contributed by atoms with Crippen molar-refractivity contribution in [3.05, 3.63) is 34.9 Å². The molecule has 1 aromatic rings. The van der Waals surface area contributed by atoms with Gasteiger partial charge < -0.3 is 0 Å². The third kappa shape index (κ3) is 2.28. The zero-order chi connectivity index (χ0) is 14.4. The maximum absolute atomic E-state index is 3.97. The van der Waals surface area contributed by atoms with Crippen LogP contribution in [0.5, 0.6) is 0 Å². The van der Waals surface area contributed by atoms with E-state index in [0.29, 0.717) is 15.7 Å². The summed E-state index contributed by atoms with van der Waals surface area (Å²) >= 11 is 3.97. The first-order valence-corrected chi connectivity index (χ1v) is 8.44. The summed E-state index contributed by atoms with van der Waals surface area (Å²) in [5.74, 6) is 0.720. The fraction of sp³-hybridized carbons (Fsp3) is 0.667. The van der Waals surface area contributed by atoms with E-state index in [1.54, 1.807) is 0 Å². The van der Waals surface area contributed by atoms with Crippen molar-refractivity contribution < 1.29 is 0 Å². The lowest BCUT2D eigenvalue weighted by molar-refractivity contribution is 0.457. The van der Waals surface area contributed by atoms with Crippen molar-refractivity contribution in [3.8, 4) is 0 Å². The Morgan fingerprint density at radius 1 is 1.00 bits per heavy atom. The van der Waals surface area contributed by atoms with Crippen LogP contribution in [0.3, 0.4) is 0 Å². The standard InChI is InChI=1S/C18H27Br/c1-7-12-9-10-14(11-13(12)8-2)15(19)16-17(3,4)18(16,5)6/h9-11,15-16H,7-8H2,1-6H3. The van der Waals surface area contributed by atoms with Crippen molar-refractivity contribution in [2.24, 2.45) is 16.7 Å². The second-order valence-electron chi connectivity index (χ2n) is 7.06. The van der Waals surface area contributed by atoms with E-state index >= 15 is 0 Å². The maximum atomic E-state index is 3.97. The molecule has 0 spiro atoms. The highest BCUT2D eigenvalue weighted by atomic mass is 79.9. The SMILES string of the molecule is CCc1ccc(C(Br)C2C(C)(C)C2(C)C)cc1CC. The van der Waals surface area contributed by atoms with Crippen LogP contribution in [-0.2, 0) is 12.8 Å². The lowest BCUT2D eigenvalue weighted by Gasteiger charge is -2.15. The number of benzene rings is 1. The van der Waals surface area contributed by atoms with Gasteiger partial charge in [0.15, 0.2) is 0 Å². The molecule has 1 aliphatic rings. The largest absolute Gasteiger partial charge is 0.0835 e. The lowest BCUT2D eigenvalue weighted by Crippen LogP contribution is -2.01. The lowest BCUT2D eigenvalue weighted by atomic mass is 9.96. The van der Waals surface area contributed by atoms with Gasteiger partial charge in [-0.1, -0.05) is 75.7 Å². The molecule has 106 valence electrons. The van der Waals surface area contributed by atoms with E-state index in [9.17, 15) is 0 Å². The van der Waals surface area contributed by atoms with E-state index in [-0.39, 0.29) is 0 Å². The fourth-order valence-electron chi connectivity index (χ4n) is 3.66. The fourth-order valence-corrected chi connectivity index (χ4v) is 5.27. The van der Waals surface area contributed by atoms with Gasteiger partial charge in [0.1, 0.15) is 0 Å². The van der Waals surface area contributed by atoms with Gasteiger partial charge in [-0.2, -0.15) is 0 Å². The third-order valence-electron chi connectivity index (χ3n) is 5.74. The molecule has 0 N–H and O–H groups in total. The summed E-state index contributed by atoms with van der Waals surface area (Å²) in [7, 11) is 0. The van der Waals surface area contributed by atoms with Crippen LogP contribution in [0.2, 0.25) is 0 Å². The van der Waals surface area contributed by atoms with Gasteiger partial charge in [0.25, 0.3) is 0 Å². The molecule has 0 aliphatic heterocycles. The molecule has 1 saturated carbocycles. The van der Waals surface area contributed by atoms with Crippen molar-refractivity contribution in [2.75, 3.05) is 0 Å². The molecule has 0 bridgehead atoms. The molecule has 1 unspecified atom stereocenters. The van der Waals surface area contributed by atoms with Crippen LogP contribution in [0.25, 0.3) is 0 Å². The Balaban J connectivity index is 2.29. The second kappa shape index (κ2) is 4.91. The van der Waals surface area contributed by atoms with E-state index in [4.69, 9.17) is 0 Å². The van der Waals surface area contributed by atoms with Crippen LogP contribution in [0.15, 0.2) is 18.2 Å². The number of hydrogen-bond donors (Lipinski definition) is 0. The maximum Gasteiger partial charge on any atom is 0.0434 e. The molecule has 0 aromatic heterocycles. The van der Waals surface area contributed by atoms with Gasteiger partial charge >= 0.3 is 0 Å². The van der Waals surface area contributed by atoms with Crippen LogP contribution in [-0.4, -0.2) is 0 Å². The minimum absolute atomic E-state index is 0.428. The zero-order valence-electron chi connectivity index (χ0n) is 13.2. The minimum atomic E-state index is 0.428. The summed E-state index contributed by atoms with van der Waals surface area (Å²) in [4.78, 5) is 0.480. The summed E-state index contributed by atoms with van der Waals surface area (Å²) in [6.07, 6.45) is 2.27. The predicted molar refractivity (Wildman–Crippen MR) is 87.9 cm³/mol. The van der Waals surface area contributed by atoms with E-state index in [1.807, 2.05) is 0 Å². The quantitative estimate of drug-likeness (QED) is 0.602. The van der Waals surface area contributed by atoms with Crippen LogP contribution in [0, 0.1) is 16.7 Å². The summed E-state index contributed by atoms with van der Waals surface area (Å²) < 4.78 is 0. The number of aryl methyl sites for hydroxylation is 2. The van der Waals surface area contributed by atoms with Gasteiger partial charge in [-0.05, 0) is 46.3 Å². The van der Waals surface area contributed by atoms with Gasteiger partial charge in [-0.25, -0.2) is 0 Å². The van der Waals surface area contributed by atoms with Gasteiger partial charge in [0, 0.05) is 4.83 Å². The van der Waals surface area contributed by atoms with Crippen LogP contribution in [0.4, 0.5) is 0 Å². The topological polar surface area (TPSA) is 0 Å². The molecule has 0 saturated heterocycles. The number of hydrogen-bond acceptors (Lipinski definition) is 0. The van der Waals surface area contributed by atoms with Gasteiger partial charge in [0.05, 0.1) is 0 Å². The Labute approximate surface area is 127 Å². The Morgan fingerprint density at radius 3 is 1.95 bits per heavy atom. The number of alkyl halides is 1. The number of halogens is 1. The molecule has 1 aliphatic carbocycles.